The molecule has 0 radical (unpaired) electrons. The van der Waals surface area contributed by atoms with Gasteiger partial charge in [0.25, 0.3) is 0 Å². The van der Waals surface area contributed by atoms with Crippen LogP contribution < -0.4 is 0 Å². The Kier molecular flexibility index (Phi) is 2.33. The third-order valence-corrected chi connectivity index (χ3v) is 1.74. The molecule has 0 saturated heterocycles. The number of fused-ring (bicyclic) bond motifs is 1. The van der Waals surface area contributed by atoms with Crippen molar-refractivity contribution in [2.75, 3.05) is 0 Å². The molecule has 1 N–H and O–H groups in total. The maximum Gasteiger partial charge on any atom is 0.315 e. The molecule has 74 valence electrons. The molecule has 0 aliphatic carbocycles. The van der Waals surface area contributed by atoms with Crippen molar-refractivity contribution >= 4 is 11.6 Å². The normalized spacial score (nSPS) is 9.60. The van der Waals surface area contributed by atoms with Gasteiger partial charge in [-0.25, -0.2) is 9.50 Å². The van der Waals surface area contributed by atoms with Crippen molar-refractivity contribution in [3.8, 4) is 11.8 Å². The largest absolute Gasteiger partial charge is 0.481 e. The fraction of sp³-hybridized carbons (Fsp3) is 0.100. The lowest BCUT2D eigenvalue weighted by molar-refractivity contribution is -0.135. The van der Waals surface area contributed by atoms with Gasteiger partial charge in [0.2, 0.25) is 0 Å². The number of carboxylic acid groups (broad SMARTS) is 1. The highest BCUT2D eigenvalue weighted by Gasteiger charge is 2.00. The van der Waals surface area contributed by atoms with Gasteiger partial charge in [0.1, 0.15) is 6.42 Å². The van der Waals surface area contributed by atoms with Crippen molar-refractivity contribution in [3.63, 3.8) is 0 Å². The summed E-state index contributed by atoms with van der Waals surface area (Å²) in [7, 11) is 0. The van der Waals surface area contributed by atoms with Crippen molar-refractivity contribution in [3.05, 3.63) is 30.2 Å². The summed E-state index contributed by atoms with van der Waals surface area (Å²) in [6, 6.07) is 1.76. The van der Waals surface area contributed by atoms with Crippen LogP contribution in [-0.4, -0.2) is 25.7 Å². The quantitative estimate of drug-likeness (QED) is 0.684. The number of hydrogen-bond acceptors (Lipinski definition) is 3. The first-order chi connectivity index (χ1) is 7.27. The number of rotatable bonds is 1. The molecule has 0 amide bonds. The smallest absolute Gasteiger partial charge is 0.315 e. The Morgan fingerprint density at radius 1 is 1.60 bits per heavy atom. The number of aliphatic carboxylic acids is 1. The van der Waals surface area contributed by atoms with Crippen molar-refractivity contribution in [2.45, 2.75) is 6.42 Å². The number of carbonyl (C=O) groups is 1. The summed E-state index contributed by atoms with van der Waals surface area (Å²) in [6.45, 7) is 0. The van der Waals surface area contributed by atoms with E-state index >= 15 is 0 Å². The predicted octanol–water partition coefficient (Wildman–Crippen LogP) is 0.556. The second kappa shape index (κ2) is 3.80. The summed E-state index contributed by atoms with van der Waals surface area (Å²) in [4.78, 5) is 14.3. The lowest BCUT2D eigenvalue weighted by atomic mass is 10.3. The summed E-state index contributed by atoms with van der Waals surface area (Å²) in [5.41, 5.74) is 1.27. The van der Waals surface area contributed by atoms with Crippen LogP contribution in [0.1, 0.15) is 12.0 Å². The van der Waals surface area contributed by atoms with E-state index in [-0.39, 0.29) is 6.42 Å². The number of carboxylic acids is 1. The molecule has 0 aliphatic rings. The molecule has 5 nitrogen and oxygen atoms in total. The molecule has 0 atom stereocenters. The van der Waals surface area contributed by atoms with Crippen LogP contribution in [0.4, 0.5) is 0 Å². The van der Waals surface area contributed by atoms with Gasteiger partial charge in [-0.3, -0.25) is 4.79 Å². The predicted molar refractivity (Wildman–Crippen MR) is 52.1 cm³/mol. The van der Waals surface area contributed by atoms with Gasteiger partial charge in [-0.15, -0.1) is 0 Å². The van der Waals surface area contributed by atoms with Gasteiger partial charge < -0.3 is 5.11 Å². The topological polar surface area (TPSA) is 67.5 Å². The monoisotopic (exact) mass is 201 g/mol. The van der Waals surface area contributed by atoms with Gasteiger partial charge in [-0.1, -0.05) is 11.8 Å². The number of nitrogens with zero attached hydrogens (tertiary/aromatic N) is 3. The van der Waals surface area contributed by atoms with Gasteiger partial charge >= 0.3 is 5.97 Å². The fourth-order valence-electron chi connectivity index (χ4n) is 1.13. The molecule has 0 bridgehead atoms. The molecular weight excluding hydrogens is 194 g/mol. The maximum atomic E-state index is 10.3. The van der Waals surface area contributed by atoms with Crippen LogP contribution in [0.15, 0.2) is 24.7 Å². The van der Waals surface area contributed by atoms with Crippen molar-refractivity contribution in [1.29, 1.82) is 0 Å². The lowest BCUT2D eigenvalue weighted by Gasteiger charge is -1.88. The fourth-order valence-corrected chi connectivity index (χ4v) is 1.13. The molecule has 0 unspecified atom stereocenters. The van der Waals surface area contributed by atoms with Crippen LogP contribution in [0.25, 0.3) is 5.65 Å². The molecule has 2 heterocycles. The molecule has 15 heavy (non-hydrogen) atoms. The number of hydrogen-bond donors (Lipinski definition) is 1. The molecule has 0 fully saturated rings. The standard InChI is InChI=1S/C10H7N3O2/c14-9(15)4-1-3-8-7-12-13-6-2-5-11-10(8)13/h2,5-7H,4H2,(H,14,15). The van der Waals surface area contributed by atoms with Crippen molar-refractivity contribution in [1.82, 2.24) is 14.6 Å². The summed E-state index contributed by atoms with van der Waals surface area (Å²) >= 11 is 0. The Bertz CT molecular complexity index is 563. The van der Waals surface area contributed by atoms with Crippen LogP contribution >= 0.6 is 0 Å². The highest BCUT2D eigenvalue weighted by molar-refractivity contribution is 5.70. The Morgan fingerprint density at radius 3 is 3.27 bits per heavy atom. The minimum absolute atomic E-state index is 0.176. The van der Waals surface area contributed by atoms with E-state index in [0.29, 0.717) is 11.2 Å². The van der Waals surface area contributed by atoms with E-state index in [1.807, 2.05) is 0 Å². The minimum Gasteiger partial charge on any atom is -0.481 e. The third-order valence-electron chi connectivity index (χ3n) is 1.74. The molecule has 2 aromatic heterocycles. The lowest BCUT2D eigenvalue weighted by Crippen LogP contribution is -1.90. The summed E-state index contributed by atoms with van der Waals surface area (Å²) in [6.07, 6.45) is 4.78. The third kappa shape index (κ3) is 1.94. The van der Waals surface area contributed by atoms with E-state index in [1.165, 1.54) is 0 Å². The van der Waals surface area contributed by atoms with Crippen LogP contribution in [0.2, 0.25) is 0 Å². The average molecular weight is 201 g/mol. The Labute approximate surface area is 85.4 Å². The van der Waals surface area contributed by atoms with Gasteiger partial charge in [0.15, 0.2) is 5.65 Å². The van der Waals surface area contributed by atoms with E-state index in [9.17, 15) is 4.79 Å². The number of aromatic nitrogens is 3. The van der Waals surface area contributed by atoms with E-state index in [0.717, 1.165) is 0 Å². The molecule has 5 heteroatoms. The van der Waals surface area contributed by atoms with Gasteiger partial charge in [0, 0.05) is 12.4 Å². The molecular formula is C10H7N3O2. The maximum absolute atomic E-state index is 10.3. The zero-order valence-corrected chi connectivity index (χ0v) is 7.71. The van der Waals surface area contributed by atoms with Crippen LogP contribution in [-0.2, 0) is 4.79 Å². The van der Waals surface area contributed by atoms with E-state index < -0.39 is 5.97 Å². The summed E-state index contributed by atoms with van der Waals surface area (Å²) < 4.78 is 1.59. The van der Waals surface area contributed by atoms with Gasteiger partial charge in [-0.05, 0) is 6.07 Å². The molecule has 0 aromatic carbocycles. The Hall–Kier alpha value is -2.35. The first kappa shape index (κ1) is 9.21. The van der Waals surface area contributed by atoms with E-state index in [2.05, 4.69) is 21.9 Å². The highest BCUT2D eigenvalue weighted by Crippen LogP contribution is 2.04. The van der Waals surface area contributed by atoms with Crippen LogP contribution in [0.5, 0.6) is 0 Å². The zero-order chi connectivity index (χ0) is 10.7. The average Bonchev–Trinajstić information content (AvgIpc) is 2.62. The molecule has 0 aliphatic heterocycles. The summed E-state index contributed by atoms with van der Waals surface area (Å²) in [5.74, 6) is 4.32. The zero-order valence-electron chi connectivity index (χ0n) is 7.71. The van der Waals surface area contributed by atoms with Crippen molar-refractivity contribution in [2.24, 2.45) is 0 Å². The first-order valence-electron chi connectivity index (χ1n) is 4.26. The first-order valence-corrected chi connectivity index (χ1v) is 4.26. The molecule has 2 aromatic rings. The molecule has 0 saturated carbocycles. The molecule has 0 spiro atoms. The van der Waals surface area contributed by atoms with Gasteiger partial charge in [0.05, 0.1) is 11.8 Å². The summed E-state index contributed by atoms with van der Waals surface area (Å²) in [5, 5.41) is 12.4. The van der Waals surface area contributed by atoms with Crippen molar-refractivity contribution < 1.29 is 9.90 Å². The Balaban J connectivity index is 2.35. The van der Waals surface area contributed by atoms with Gasteiger partial charge in [-0.2, -0.15) is 5.10 Å². The second-order valence-electron chi connectivity index (χ2n) is 2.82. The van der Waals surface area contributed by atoms with E-state index in [1.54, 1.807) is 29.2 Å². The second-order valence-corrected chi connectivity index (χ2v) is 2.82. The minimum atomic E-state index is -0.938. The highest BCUT2D eigenvalue weighted by atomic mass is 16.4. The van der Waals surface area contributed by atoms with Crippen LogP contribution in [0, 0.1) is 11.8 Å². The Morgan fingerprint density at radius 2 is 2.47 bits per heavy atom. The van der Waals surface area contributed by atoms with E-state index in [4.69, 9.17) is 5.11 Å². The SMILES string of the molecule is O=C(O)CC#Cc1cnn2cccnc12. The molecule has 2 rings (SSSR count). The van der Waals surface area contributed by atoms with Crippen LogP contribution in [0.3, 0.4) is 0 Å².